The highest BCUT2D eigenvalue weighted by Gasteiger charge is 2.19. The zero-order valence-electron chi connectivity index (χ0n) is 14.3. The zero-order valence-corrected chi connectivity index (χ0v) is 16.0. The fraction of sp³-hybridized carbons (Fsp3) is 0.235. The van der Waals surface area contributed by atoms with E-state index < -0.39 is 10.0 Å². The van der Waals surface area contributed by atoms with Crippen LogP contribution >= 0.6 is 12.8 Å². The summed E-state index contributed by atoms with van der Waals surface area (Å²) in [5.74, 6) is -0.282. The number of nitrogens with two attached hydrogens (primary N) is 1. The molecule has 0 radical (unpaired) electrons. The molecule has 0 unspecified atom stereocenters. The molecule has 2 aromatic carbocycles. The van der Waals surface area contributed by atoms with Crippen molar-refractivity contribution in [3.63, 3.8) is 0 Å². The second-order valence-corrected chi connectivity index (χ2v) is 7.53. The summed E-state index contributed by atoms with van der Waals surface area (Å²) in [7, 11) is -3.83. The smallest absolute Gasteiger partial charge is 0.242 e. The monoisotopic (exact) mass is 394 g/mol. The molecular weight excluding hydrogens is 372 g/mol. The third kappa shape index (κ3) is 5.13. The van der Waals surface area contributed by atoms with E-state index in [2.05, 4.69) is 34.5 Å². The Balaban J connectivity index is 1.92. The summed E-state index contributed by atoms with van der Waals surface area (Å²) >= 11 is 3.88. The van der Waals surface area contributed by atoms with Gasteiger partial charge in [0, 0.05) is 18.7 Å². The molecule has 0 atom stereocenters. The van der Waals surface area contributed by atoms with E-state index in [0.29, 0.717) is 11.4 Å². The SMILES string of the molecule is CCc1ccc(NC(=O)CCNS(=O)(=O)c2cccc(NS)c2N)cc1. The third-order valence-corrected chi connectivity index (χ3v) is 5.53. The van der Waals surface area contributed by atoms with Crippen molar-refractivity contribution in [3.8, 4) is 0 Å². The molecule has 5 N–H and O–H groups in total. The molecule has 0 heterocycles. The summed E-state index contributed by atoms with van der Waals surface area (Å²) in [6.45, 7) is 2.01. The molecule has 0 aliphatic rings. The van der Waals surface area contributed by atoms with Crippen LogP contribution in [-0.2, 0) is 21.2 Å². The molecule has 140 valence electrons. The number of carbonyl (C=O) groups excluding carboxylic acids is 1. The molecule has 0 fully saturated rings. The van der Waals surface area contributed by atoms with Gasteiger partial charge in [0.2, 0.25) is 15.9 Å². The summed E-state index contributed by atoms with van der Waals surface area (Å²) in [6.07, 6.45) is 0.919. The number of sulfonamides is 1. The zero-order chi connectivity index (χ0) is 19.2. The number of nitrogens with one attached hydrogen (secondary N) is 3. The number of aryl methyl sites for hydroxylation is 1. The highest BCUT2D eigenvalue weighted by atomic mass is 32.2. The van der Waals surface area contributed by atoms with Crippen LogP contribution in [0.3, 0.4) is 0 Å². The number of benzene rings is 2. The maximum Gasteiger partial charge on any atom is 0.242 e. The largest absolute Gasteiger partial charge is 0.396 e. The van der Waals surface area contributed by atoms with Crippen LogP contribution in [0.5, 0.6) is 0 Å². The molecular formula is C17H22N4O3S2. The van der Waals surface area contributed by atoms with Gasteiger partial charge in [-0.1, -0.05) is 37.9 Å². The molecule has 2 aromatic rings. The molecule has 9 heteroatoms. The Morgan fingerprint density at radius 2 is 1.85 bits per heavy atom. The molecule has 0 aliphatic heterocycles. The highest BCUT2D eigenvalue weighted by molar-refractivity contribution is 7.89. The van der Waals surface area contributed by atoms with Crippen molar-refractivity contribution < 1.29 is 13.2 Å². The van der Waals surface area contributed by atoms with Crippen LogP contribution < -0.4 is 20.5 Å². The van der Waals surface area contributed by atoms with E-state index in [1.807, 2.05) is 24.3 Å². The molecule has 0 bridgehead atoms. The summed E-state index contributed by atoms with van der Waals surface area (Å²) in [5, 5.41) is 2.73. The van der Waals surface area contributed by atoms with Gasteiger partial charge in [0.1, 0.15) is 4.90 Å². The van der Waals surface area contributed by atoms with Gasteiger partial charge in [-0.25, -0.2) is 13.1 Å². The van der Waals surface area contributed by atoms with E-state index >= 15 is 0 Å². The molecule has 2 rings (SSSR count). The van der Waals surface area contributed by atoms with Gasteiger partial charge in [0.15, 0.2) is 0 Å². The summed E-state index contributed by atoms with van der Waals surface area (Å²) < 4.78 is 29.6. The summed E-state index contributed by atoms with van der Waals surface area (Å²) in [5.41, 5.74) is 8.13. The number of anilines is 3. The van der Waals surface area contributed by atoms with Gasteiger partial charge in [-0.15, -0.1) is 0 Å². The Hall–Kier alpha value is -2.23. The van der Waals surface area contributed by atoms with Gasteiger partial charge in [0.25, 0.3) is 0 Å². The van der Waals surface area contributed by atoms with Gasteiger partial charge in [-0.05, 0) is 36.2 Å². The number of nitrogen functional groups attached to an aromatic ring is 1. The van der Waals surface area contributed by atoms with Gasteiger partial charge in [0.05, 0.1) is 11.4 Å². The van der Waals surface area contributed by atoms with Crippen LogP contribution in [0.25, 0.3) is 0 Å². The lowest BCUT2D eigenvalue weighted by Crippen LogP contribution is -2.28. The minimum atomic E-state index is -3.83. The minimum Gasteiger partial charge on any atom is -0.396 e. The Labute approximate surface area is 159 Å². The lowest BCUT2D eigenvalue weighted by Gasteiger charge is -2.12. The van der Waals surface area contributed by atoms with Crippen molar-refractivity contribution in [1.29, 1.82) is 0 Å². The van der Waals surface area contributed by atoms with Crippen LogP contribution in [0.2, 0.25) is 0 Å². The number of hydrogen-bond donors (Lipinski definition) is 5. The molecule has 7 nitrogen and oxygen atoms in total. The average Bonchev–Trinajstić information content (AvgIpc) is 2.62. The van der Waals surface area contributed by atoms with Crippen molar-refractivity contribution in [2.45, 2.75) is 24.7 Å². The van der Waals surface area contributed by atoms with Crippen LogP contribution in [0.1, 0.15) is 18.9 Å². The average molecular weight is 395 g/mol. The van der Waals surface area contributed by atoms with E-state index in [1.165, 1.54) is 11.6 Å². The molecule has 1 amide bonds. The quantitative estimate of drug-likeness (QED) is 0.348. The van der Waals surface area contributed by atoms with Crippen LogP contribution in [0, 0.1) is 0 Å². The van der Waals surface area contributed by atoms with Crippen molar-refractivity contribution in [1.82, 2.24) is 4.72 Å². The number of para-hydroxylation sites is 1. The standard InChI is InChI=1S/C17H22N4O3S2/c1-2-12-6-8-13(9-7-12)20-16(22)10-11-19-26(23,24)15-5-3-4-14(21-25)17(15)18/h3-9,19,21,25H,2,10-11,18H2,1H3,(H,20,22). The Morgan fingerprint density at radius 1 is 1.15 bits per heavy atom. The third-order valence-electron chi connectivity index (χ3n) is 3.77. The second kappa shape index (κ2) is 8.93. The van der Waals surface area contributed by atoms with Crippen molar-refractivity contribution in [2.75, 3.05) is 22.3 Å². The van der Waals surface area contributed by atoms with Crippen molar-refractivity contribution in [2.24, 2.45) is 0 Å². The first-order valence-electron chi connectivity index (χ1n) is 8.04. The van der Waals surface area contributed by atoms with Crippen molar-refractivity contribution >= 4 is 45.8 Å². The lowest BCUT2D eigenvalue weighted by atomic mass is 10.1. The molecule has 0 aliphatic carbocycles. The van der Waals surface area contributed by atoms with E-state index in [0.717, 1.165) is 6.42 Å². The molecule has 26 heavy (non-hydrogen) atoms. The fourth-order valence-corrected chi connectivity index (χ4v) is 3.68. The van der Waals surface area contributed by atoms with Gasteiger partial charge >= 0.3 is 0 Å². The van der Waals surface area contributed by atoms with Gasteiger partial charge in [-0.3, -0.25) is 4.79 Å². The predicted molar refractivity (Wildman–Crippen MR) is 108 cm³/mol. The molecule has 0 spiro atoms. The summed E-state index contributed by atoms with van der Waals surface area (Å²) in [6, 6.07) is 12.1. The Kier molecular flexibility index (Phi) is 6.90. The summed E-state index contributed by atoms with van der Waals surface area (Å²) in [4.78, 5) is 11.9. The maximum absolute atomic E-state index is 12.4. The Bertz CT molecular complexity index is 868. The topological polar surface area (TPSA) is 113 Å². The van der Waals surface area contributed by atoms with E-state index in [4.69, 9.17) is 5.73 Å². The number of rotatable bonds is 8. The van der Waals surface area contributed by atoms with E-state index in [1.54, 1.807) is 12.1 Å². The van der Waals surface area contributed by atoms with Crippen LogP contribution in [0.4, 0.5) is 17.1 Å². The van der Waals surface area contributed by atoms with Crippen LogP contribution in [-0.4, -0.2) is 20.9 Å². The number of thiol groups is 1. The fourth-order valence-electron chi connectivity index (χ4n) is 2.30. The first kappa shape index (κ1) is 20.1. The second-order valence-electron chi connectivity index (χ2n) is 5.58. The van der Waals surface area contributed by atoms with E-state index in [9.17, 15) is 13.2 Å². The molecule has 0 aromatic heterocycles. The van der Waals surface area contributed by atoms with Crippen molar-refractivity contribution in [3.05, 3.63) is 48.0 Å². The normalized spacial score (nSPS) is 11.2. The number of hydrogen-bond acceptors (Lipinski definition) is 6. The molecule has 0 saturated carbocycles. The van der Waals surface area contributed by atoms with Gasteiger partial charge in [-0.2, -0.15) is 0 Å². The predicted octanol–water partition coefficient (Wildman–Crippen LogP) is 2.40. The number of amides is 1. The Morgan fingerprint density at radius 3 is 2.46 bits per heavy atom. The molecule has 0 saturated heterocycles. The number of carbonyl (C=O) groups is 1. The van der Waals surface area contributed by atoms with Gasteiger partial charge < -0.3 is 15.8 Å². The lowest BCUT2D eigenvalue weighted by molar-refractivity contribution is -0.116. The van der Waals surface area contributed by atoms with E-state index in [-0.39, 0.29) is 29.5 Å². The first-order valence-corrected chi connectivity index (χ1v) is 9.97. The maximum atomic E-state index is 12.4. The van der Waals surface area contributed by atoms with Crippen LogP contribution in [0.15, 0.2) is 47.4 Å². The minimum absolute atomic E-state index is 0.000821. The first-order chi connectivity index (χ1) is 12.4. The highest BCUT2D eigenvalue weighted by Crippen LogP contribution is 2.26.